The van der Waals surface area contributed by atoms with Crippen molar-refractivity contribution in [3.63, 3.8) is 0 Å². The van der Waals surface area contributed by atoms with Crippen molar-refractivity contribution in [2.75, 3.05) is 12.3 Å². The highest BCUT2D eigenvalue weighted by Crippen LogP contribution is 2.24. The Morgan fingerprint density at radius 3 is 2.24 bits per heavy atom. The summed E-state index contributed by atoms with van der Waals surface area (Å²) in [6.45, 7) is 0.570. The Labute approximate surface area is 185 Å². The predicted octanol–water partition coefficient (Wildman–Crippen LogP) is 6.58. The first-order valence-electron chi connectivity index (χ1n) is 9.26. The minimum atomic E-state index is -0.116. The Balaban J connectivity index is 1.63. The zero-order valence-corrected chi connectivity index (χ0v) is 18.1. The van der Waals surface area contributed by atoms with Crippen LogP contribution in [0, 0.1) is 0 Å². The molecule has 0 fully saturated rings. The van der Waals surface area contributed by atoms with Crippen LogP contribution in [0.5, 0.6) is 0 Å². The van der Waals surface area contributed by atoms with E-state index >= 15 is 0 Å². The molecule has 2 nitrogen and oxygen atoms in total. The average molecular weight is 442 g/mol. The summed E-state index contributed by atoms with van der Waals surface area (Å²) in [7, 11) is 0. The summed E-state index contributed by atoms with van der Waals surface area (Å²) >= 11 is 14.2. The second-order valence-corrected chi connectivity index (χ2v) is 8.27. The molecule has 0 spiro atoms. The second kappa shape index (κ2) is 11.1. The molecule has 1 N–H and O–H groups in total. The van der Waals surface area contributed by atoms with E-state index in [-0.39, 0.29) is 5.91 Å². The molecular weight excluding hydrogens is 421 g/mol. The molecule has 3 aromatic rings. The molecule has 0 aliphatic rings. The van der Waals surface area contributed by atoms with Gasteiger partial charge in [0.2, 0.25) is 0 Å². The molecule has 148 valence electrons. The third kappa shape index (κ3) is 6.40. The first kappa shape index (κ1) is 21.5. The van der Waals surface area contributed by atoms with Crippen molar-refractivity contribution in [3.8, 4) is 0 Å². The van der Waals surface area contributed by atoms with Crippen molar-refractivity contribution in [1.29, 1.82) is 0 Å². The van der Waals surface area contributed by atoms with Gasteiger partial charge in [0.15, 0.2) is 0 Å². The van der Waals surface area contributed by atoms with Crippen molar-refractivity contribution in [3.05, 3.63) is 106 Å². The van der Waals surface area contributed by atoms with E-state index in [1.165, 1.54) is 0 Å². The zero-order chi connectivity index (χ0) is 20.5. The molecule has 29 heavy (non-hydrogen) atoms. The van der Waals surface area contributed by atoms with Gasteiger partial charge < -0.3 is 5.32 Å². The van der Waals surface area contributed by atoms with Gasteiger partial charge in [-0.25, -0.2) is 0 Å². The van der Waals surface area contributed by atoms with Crippen LogP contribution in [0.3, 0.4) is 0 Å². The van der Waals surface area contributed by atoms with Crippen LogP contribution in [-0.2, 0) is 10.5 Å². The minimum Gasteiger partial charge on any atom is -0.351 e. The summed E-state index contributed by atoms with van der Waals surface area (Å²) in [5, 5.41) is 4.41. The highest BCUT2D eigenvalue weighted by Gasteiger charge is 2.12. The van der Waals surface area contributed by atoms with E-state index in [4.69, 9.17) is 23.2 Å². The monoisotopic (exact) mass is 441 g/mol. The zero-order valence-electron chi connectivity index (χ0n) is 15.8. The molecule has 3 aromatic carbocycles. The van der Waals surface area contributed by atoms with Crippen molar-refractivity contribution in [2.24, 2.45) is 0 Å². The Morgan fingerprint density at radius 1 is 0.862 bits per heavy atom. The maximum atomic E-state index is 12.9. The number of rotatable bonds is 8. The molecule has 1 amide bonds. The van der Waals surface area contributed by atoms with Crippen LogP contribution in [0.25, 0.3) is 11.6 Å². The lowest BCUT2D eigenvalue weighted by Gasteiger charge is -2.10. The Morgan fingerprint density at radius 2 is 1.52 bits per heavy atom. The van der Waals surface area contributed by atoms with Gasteiger partial charge in [-0.2, -0.15) is 11.8 Å². The first-order chi connectivity index (χ1) is 14.1. The molecule has 0 saturated heterocycles. The van der Waals surface area contributed by atoms with Crippen LogP contribution in [0.15, 0.2) is 78.9 Å². The number of benzene rings is 3. The predicted molar refractivity (Wildman–Crippen MR) is 126 cm³/mol. The molecule has 0 radical (unpaired) electrons. The number of carbonyl (C=O) groups is 1. The van der Waals surface area contributed by atoms with Gasteiger partial charge in [-0.15, -0.1) is 0 Å². The fraction of sp³-hybridized carbons (Fsp3) is 0.125. The molecule has 0 unspecified atom stereocenters. The number of thioether (sulfide) groups is 1. The number of carbonyl (C=O) groups excluding carboxylic acids is 1. The van der Waals surface area contributed by atoms with Crippen LogP contribution in [-0.4, -0.2) is 18.2 Å². The molecule has 3 rings (SSSR count). The lowest BCUT2D eigenvalue weighted by Crippen LogP contribution is -2.26. The number of hydrogen-bond donors (Lipinski definition) is 1. The van der Waals surface area contributed by atoms with Gasteiger partial charge in [0, 0.05) is 33.7 Å². The third-order valence-corrected chi connectivity index (χ3v) is 6.00. The van der Waals surface area contributed by atoms with Gasteiger partial charge in [0.1, 0.15) is 0 Å². The van der Waals surface area contributed by atoms with E-state index in [1.54, 1.807) is 11.8 Å². The van der Waals surface area contributed by atoms with Gasteiger partial charge in [0.05, 0.1) is 0 Å². The maximum absolute atomic E-state index is 12.9. The fourth-order valence-corrected chi connectivity index (χ4v) is 4.11. The van der Waals surface area contributed by atoms with Gasteiger partial charge in [-0.1, -0.05) is 89.9 Å². The SMILES string of the molecule is O=C(NCCSCc1ccccc1Cl)/C(=C/c1ccccc1Cl)c1ccccc1. The summed E-state index contributed by atoms with van der Waals surface area (Å²) in [6.07, 6.45) is 1.84. The van der Waals surface area contributed by atoms with Crippen molar-refractivity contribution < 1.29 is 4.79 Å². The topological polar surface area (TPSA) is 29.1 Å². The second-order valence-electron chi connectivity index (χ2n) is 6.35. The summed E-state index contributed by atoms with van der Waals surface area (Å²) in [4.78, 5) is 12.9. The molecule has 0 atom stereocenters. The van der Waals surface area contributed by atoms with Gasteiger partial charge in [-0.05, 0) is 34.9 Å². The maximum Gasteiger partial charge on any atom is 0.251 e. The van der Waals surface area contributed by atoms with Gasteiger partial charge in [0.25, 0.3) is 5.91 Å². The molecule has 5 heteroatoms. The number of nitrogens with one attached hydrogen (secondary N) is 1. The van der Waals surface area contributed by atoms with E-state index in [0.29, 0.717) is 17.1 Å². The summed E-state index contributed by atoms with van der Waals surface area (Å²) < 4.78 is 0. The lowest BCUT2D eigenvalue weighted by atomic mass is 10.0. The lowest BCUT2D eigenvalue weighted by molar-refractivity contribution is -0.115. The normalized spacial score (nSPS) is 11.3. The van der Waals surface area contributed by atoms with E-state index in [9.17, 15) is 4.79 Å². The van der Waals surface area contributed by atoms with Gasteiger partial charge in [-0.3, -0.25) is 4.79 Å². The smallest absolute Gasteiger partial charge is 0.251 e. The minimum absolute atomic E-state index is 0.116. The standard InChI is InChI=1S/C24H21Cl2NOS/c25-22-12-6-4-10-19(22)16-21(18-8-2-1-3-9-18)24(28)27-14-15-29-17-20-11-5-7-13-23(20)26/h1-13,16H,14-15,17H2,(H,27,28)/b21-16+. The summed E-state index contributed by atoms with van der Waals surface area (Å²) in [5.41, 5.74) is 3.37. The highest BCUT2D eigenvalue weighted by atomic mass is 35.5. The summed E-state index contributed by atoms with van der Waals surface area (Å²) in [5.74, 6) is 1.50. The van der Waals surface area contributed by atoms with Crippen molar-refractivity contribution in [1.82, 2.24) is 5.32 Å². The molecule has 0 aliphatic heterocycles. The van der Waals surface area contributed by atoms with E-state index < -0.39 is 0 Å². The quantitative estimate of drug-likeness (QED) is 0.242. The molecular formula is C24H21Cl2NOS. The third-order valence-electron chi connectivity index (χ3n) is 4.28. The average Bonchev–Trinajstić information content (AvgIpc) is 2.74. The molecule has 0 aromatic heterocycles. The Hall–Kier alpha value is -2.20. The van der Waals surface area contributed by atoms with Crippen molar-refractivity contribution >= 4 is 52.5 Å². The molecule has 0 saturated carbocycles. The van der Waals surface area contributed by atoms with E-state index in [2.05, 4.69) is 5.32 Å². The molecule has 0 heterocycles. The van der Waals surface area contributed by atoms with Crippen molar-refractivity contribution in [2.45, 2.75) is 5.75 Å². The fourth-order valence-electron chi connectivity index (χ4n) is 2.77. The Bertz CT molecular complexity index is 989. The van der Waals surface area contributed by atoms with E-state index in [0.717, 1.165) is 33.2 Å². The molecule has 0 bridgehead atoms. The summed E-state index contributed by atoms with van der Waals surface area (Å²) in [6, 6.07) is 24.9. The Kier molecular flexibility index (Phi) is 8.24. The highest BCUT2D eigenvalue weighted by molar-refractivity contribution is 7.98. The largest absolute Gasteiger partial charge is 0.351 e. The van der Waals surface area contributed by atoms with Gasteiger partial charge >= 0.3 is 0 Å². The van der Waals surface area contributed by atoms with Crippen LogP contribution in [0.2, 0.25) is 10.0 Å². The molecule has 0 aliphatic carbocycles. The van der Waals surface area contributed by atoms with Crippen LogP contribution >= 0.6 is 35.0 Å². The van der Waals surface area contributed by atoms with Crippen LogP contribution < -0.4 is 5.32 Å². The number of hydrogen-bond acceptors (Lipinski definition) is 2. The van der Waals surface area contributed by atoms with Crippen LogP contribution in [0.4, 0.5) is 0 Å². The number of halogens is 2. The first-order valence-corrected chi connectivity index (χ1v) is 11.2. The van der Waals surface area contributed by atoms with Crippen LogP contribution in [0.1, 0.15) is 16.7 Å². The van der Waals surface area contributed by atoms with E-state index in [1.807, 2.05) is 84.9 Å². The number of amides is 1.